The maximum Gasteiger partial charge on any atom is 0.222 e. The molecule has 0 atom stereocenters. The van der Waals surface area contributed by atoms with Crippen LogP contribution >= 0.6 is 0 Å². The second-order valence-corrected chi connectivity index (χ2v) is 5.95. The van der Waals surface area contributed by atoms with Gasteiger partial charge in [0.05, 0.1) is 14.2 Å². The van der Waals surface area contributed by atoms with Crippen molar-refractivity contribution in [3.63, 3.8) is 0 Å². The predicted molar refractivity (Wildman–Crippen MR) is 90.9 cm³/mol. The van der Waals surface area contributed by atoms with Crippen LogP contribution in [0.5, 0.6) is 11.5 Å². The molecule has 0 saturated carbocycles. The number of piperazine rings is 1. The van der Waals surface area contributed by atoms with E-state index in [1.165, 1.54) is 5.56 Å². The van der Waals surface area contributed by atoms with E-state index in [0.717, 1.165) is 57.1 Å². The lowest BCUT2D eigenvalue weighted by Gasteiger charge is -2.35. The third kappa shape index (κ3) is 4.86. The number of unbranched alkanes of at least 4 members (excludes halogenated alkanes) is 1. The standard InChI is InChI=1S/C18H28N2O3/c1-4-5-6-18(21)20-11-9-19(10-12-20)14-15-7-8-16(22-2)17(13-15)23-3/h7-8,13H,4-6,9-12,14H2,1-3H3. The maximum absolute atomic E-state index is 12.1. The van der Waals surface area contributed by atoms with Crippen LogP contribution in [-0.4, -0.2) is 56.1 Å². The van der Waals surface area contributed by atoms with Crippen molar-refractivity contribution in [1.29, 1.82) is 0 Å². The number of carbonyl (C=O) groups excluding carboxylic acids is 1. The van der Waals surface area contributed by atoms with Crippen molar-refractivity contribution >= 4 is 5.91 Å². The van der Waals surface area contributed by atoms with Crippen molar-refractivity contribution < 1.29 is 14.3 Å². The Morgan fingerprint density at radius 3 is 2.39 bits per heavy atom. The minimum absolute atomic E-state index is 0.303. The van der Waals surface area contributed by atoms with Crippen LogP contribution in [-0.2, 0) is 11.3 Å². The summed E-state index contributed by atoms with van der Waals surface area (Å²) in [6.07, 6.45) is 2.75. The van der Waals surface area contributed by atoms with Gasteiger partial charge in [-0.3, -0.25) is 9.69 Å². The third-order valence-corrected chi connectivity index (χ3v) is 4.32. The molecule has 128 valence electrons. The molecule has 0 aliphatic carbocycles. The first kappa shape index (κ1) is 17.6. The number of hydrogen-bond acceptors (Lipinski definition) is 4. The average molecular weight is 320 g/mol. The number of amides is 1. The van der Waals surface area contributed by atoms with Gasteiger partial charge in [0.25, 0.3) is 0 Å². The first-order valence-corrected chi connectivity index (χ1v) is 8.39. The Hall–Kier alpha value is -1.75. The summed E-state index contributed by atoms with van der Waals surface area (Å²) in [6, 6.07) is 6.04. The maximum atomic E-state index is 12.1. The highest BCUT2D eigenvalue weighted by Gasteiger charge is 2.20. The minimum Gasteiger partial charge on any atom is -0.493 e. The number of hydrogen-bond donors (Lipinski definition) is 0. The van der Waals surface area contributed by atoms with Gasteiger partial charge in [0.2, 0.25) is 5.91 Å². The molecular formula is C18H28N2O3. The van der Waals surface area contributed by atoms with Crippen LogP contribution < -0.4 is 9.47 Å². The van der Waals surface area contributed by atoms with Gasteiger partial charge in [-0.15, -0.1) is 0 Å². The normalized spacial score (nSPS) is 15.5. The van der Waals surface area contributed by atoms with Gasteiger partial charge in [-0.05, 0) is 24.1 Å². The van der Waals surface area contributed by atoms with E-state index in [1.54, 1.807) is 14.2 Å². The molecule has 5 nitrogen and oxygen atoms in total. The minimum atomic E-state index is 0.303. The largest absolute Gasteiger partial charge is 0.493 e. The van der Waals surface area contributed by atoms with E-state index in [2.05, 4.69) is 17.9 Å². The van der Waals surface area contributed by atoms with Gasteiger partial charge in [-0.25, -0.2) is 0 Å². The molecule has 1 aliphatic heterocycles. The van der Waals surface area contributed by atoms with Crippen molar-refractivity contribution in [3.8, 4) is 11.5 Å². The van der Waals surface area contributed by atoms with Crippen LogP contribution in [0.3, 0.4) is 0 Å². The second kappa shape index (κ2) is 8.77. The van der Waals surface area contributed by atoms with Crippen LogP contribution in [0, 0.1) is 0 Å². The zero-order valence-electron chi connectivity index (χ0n) is 14.5. The highest BCUT2D eigenvalue weighted by molar-refractivity contribution is 5.76. The number of carbonyl (C=O) groups is 1. The molecule has 0 N–H and O–H groups in total. The summed E-state index contributed by atoms with van der Waals surface area (Å²) >= 11 is 0. The molecule has 1 amide bonds. The summed E-state index contributed by atoms with van der Waals surface area (Å²) in [5.41, 5.74) is 1.20. The molecule has 1 aromatic carbocycles. The SMILES string of the molecule is CCCCC(=O)N1CCN(Cc2ccc(OC)c(OC)c2)CC1. The average Bonchev–Trinajstić information content (AvgIpc) is 2.60. The van der Waals surface area contributed by atoms with Crippen LogP contribution in [0.2, 0.25) is 0 Å². The topological polar surface area (TPSA) is 42.0 Å². The molecule has 0 radical (unpaired) electrons. The molecule has 1 aromatic rings. The van der Waals surface area contributed by atoms with Gasteiger partial charge in [0, 0.05) is 39.1 Å². The van der Waals surface area contributed by atoms with Crippen molar-refractivity contribution in [2.45, 2.75) is 32.7 Å². The molecule has 0 aromatic heterocycles. The summed E-state index contributed by atoms with van der Waals surface area (Å²) in [4.78, 5) is 16.4. The van der Waals surface area contributed by atoms with Crippen LogP contribution in [0.25, 0.3) is 0 Å². The highest BCUT2D eigenvalue weighted by Crippen LogP contribution is 2.28. The summed E-state index contributed by atoms with van der Waals surface area (Å²) < 4.78 is 10.6. The zero-order valence-corrected chi connectivity index (χ0v) is 14.5. The molecule has 1 fully saturated rings. The second-order valence-electron chi connectivity index (χ2n) is 5.95. The fourth-order valence-corrected chi connectivity index (χ4v) is 2.88. The summed E-state index contributed by atoms with van der Waals surface area (Å²) in [5.74, 6) is 1.82. The molecule has 0 spiro atoms. The Bertz CT molecular complexity index is 511. The van der Waals surface area contributed by atoms with Crippen molar-refractivity contribution in [1.82, 2.24) is 9.80 Å². The van der Waals surface area contributed by atoms with Gasteiger partial charge >= 0.3 is 0 Å². The van der Waals surface area contributed by atoms with Crippen LogP contribution in [0.15, 0.2) is 18.2 Å². The van der Waals surface area contributed by atoms with Gasteiger partial charge in [-0.1, -0.05) is 19.4 Å². The van der Waals surface area contributed by atoms with Gasteiger partial charge in [-0.2, -0.15) is 0 Å². The van der Waals surface area contributed by atoms with Crippen LogP contribution in [0.4, 0.5) is 0 Å². The van der Waals surface area contributed by atoms with E-state index in [1.807, 2.05) is 17.0 Å². The predicted octanol–water partition coefficient (Wildman–Crippen LogP) is 2.54. The molecule has 2 rings (SSSR count). The number of benzene rings is 1. The molecular weight excluding hydrogens is 292 g/mol. The fraction of sp³-hybridized carbons (Fsp3) is 0.611. The van der Waals surface area contributed by atoms with Gasteiger partial charge < -0.3 is 14.4 Å². The quantitative estimate of drug-likeness (QED) is 0.774. The lowest BCUT2D eigenvalue weighted by molar-refractivity contribution is -0.133. The first-order chi connectivity index (χ1) is 11.2. The van der Waals surface area contributed by atoms with Crippen LogP contribution in [0.1, 0.15) is 31.7 Å². The molecule has 1 heterocycles. The Morgan fingerprint density at radius 1 is 1.09 bits per heavy atom. The van der Waals surface area contributed by atoms with E-state index in [0.29, 0.717) is 12.3 Å². The number of ether oxygens (including phenoxy) is 2. The van der Waals surface area contributed by atoms with E-state index in [-0.39, 0.29) is 0 Å². The molecule has 1 aliphatic rings. The molecule has 1 saturated heterocycles. The Labute approximate surface area is 139 Å². The zero-order chi connectivity index (χ0) is 16.7. The van der Waals surface area contributed by atoms with Gasteiger partial charge in [0.15, 0.2) is 11.5 Å². The summed E-state index contributed by atoms with van der Waals surface area (Å²) in [7, 11) is 3.30. The molecule has 23 heavy (non-hydrogen) atoms. The summed E-state index contributed by atoms with van der Waals surface area (Å²) in [6.45, 7) is 6.50. The molecule has 5 heteroatoms. The smallest absolute Gasteiger partial charge is 0.222 e. The lowest BCUT2D eigenvalue weighted by atomic mass is 10.1. The van der Waals surface area contributed by atoms with E-state index < -0.39 is 0 Å². The number of nitrogens with zero attached hydrogens (tertiary/aromatic N) is 2. The van der Waals surface area contributed by atoms with E-state index in [9.17, 15) is 4.79 Å². The first-order valence-electron chi connectivity index (χ1n) is 8.39. The van der Waals surface area contributed by atoms with Gasteiger partial charge in [0.1, 0.15) is 0 Å². The van der Waals surface area contributed by atoms with Crippen molar-refractivity contribution in [3.05, 3.63) is 23.8 Å². The third-order valence-electron chi connectivity index (χ3n) is 4.32. The highest BCUT2D eigenvalue weighted by atomic mass is 16.5. The van der Waals surface area contributed by atoms with Crippen molar-refractivity contribution in [2.75, 3.05) is 40.4 Å². The van der Waals surface area contributed by atoms with E-state index in [4.69, 9.17) is 9.47 Å². The lowest BCUT2D eigenvalue weighted by Crippen LogP contribution is -2.48. The Morgan fingerprint density at radius 2 is 1.78 bits per heavy atom. The van der Waals surface area contributed by atoms with E-state index >= 15 is 0 Å². The van der Waals surface area contributed by atoms with Crippen molar-refractivity contribution in [2.24, 2.45) is 0 Å². The molecule has 0 bridgehead atoms. The summed E-state index contributed by atoms with van der Waals surface area (Å²) in [5, 5.41) is 0. The Balaban J connectivity index is 1.85. The molecule has 0 unspecified atom stereocenters. The Kier molecular flexibility index (Phi) is 6.71. The monoisotopic (exact) mass is 320 g/mol. The fourth-order valence-electron chi connectivity index (χ4n) is 2.88. The number of rotatable bonds is 7. The number of methoxy groups -OCH3 is 2.